The van der Waals surface area contributed by atoms with Gasteiger partial charge in [-0.2, -0.15) is 0 Å². The van der Waals surface area contributed by atoms with Gasteiger partial charge < -0.3 is 5.11 Å². The molecular weight excluding hydrogens is 264 g/mol. The predicted molar refractivity (Wildman–Crippen MR) is 66.9 cm³/mol. The minimum absolute atomic E-state index is 0.300. The number of rotatable bonds is 3. The van der Waals surface area contributed by atoms with Crippen molar-refractivity contribution in [3.05, 3.63) is 46.3 Å². The van der Waals surface area contributed by atoms with Gasteiger partial charge in [0.15, 0.2) is 0 Å². The van der Waals surface area contributed by atoms with Gasteiger partial charge in [0.25, 0.3) is 0 Å². The van der Waals surface area contributed by atoms with Crippen LogP contribution in [-0.2, 0) is 0 Å². The van der Waals surface area contributed by atoms with Crippen molar-refractivity contribution >= 4 is 40.7 Å². The number of thiophene rings is 1. The second-order valence-corrected chi connectivity index (χ2v) is 6.08. The van der Waals surface area contributed by atoms with E-state index in [-0.39, 0.29) is 0 Å². The average Bonchev–Trinajstić information content (AvgIpc) is 2.65. The molecule has 0 aliphatic heterocycles. The molecule has 16 heavy (non-hydrogen) atoms. The zero-order valence-electron chi connectivity index (χ0n) is 8.01. The predicted octanol–water partition coefficient (Wildman–Crippen LogP) is 4.25. The molecule has 0 bridgehead atoms. The standard InChI is InChI=1S/C11H7ClO2S2/c12-9-5-6-10(16-9)15-8-3-1-7(2-4-8)11(13)14/h1-6H,(H,13,14). The second-order valence-electron chi connectivity index (χ2n) is 2.99. The number of aromatic carboxylic acids is 1. The number of halogens is 1. The third kappa shape index (κ3) is 2.78. The van der Waals surface area contributed by atoms with Crippen molar-refractivity contribution in [3.63, 3.8) is 0 Å². The fourth-order valence-electron chi connectivity index (χ4n) is 1.13. The van der Waals surface area contributed by atoms with Crippen molar-refractivity contribution in [1.82, 2.24) is 0 Å². The number of carboxylic acids is 1. The van der Waals surface area contributed by atoms with E-state index < -0.39 is 5.97 Å². The largest absolute Gasteiger partial charge is 0.478 e. The van der Waals surface area contributed by atoms with Gasteiger partial charge in [0.05, 0.1) is 14.1 Å². The van der Waals surface area contributed by atoms with Crippen LogP contribution in [0.15, 0.2) is 45.5 Å². The molecule has 0 amide bonds. The number of carboxylic acid groups (broad SMARTS) is 1. The summed E-state index contributed by atoms with van der Waals surface area (Å²) in [5, 5.41) is 8.75. The number of hydrogen-bond donors (Lipinski definition) is 1. The van der Waals surface area contributed by atoms with Crippen LogP contribution in [0.5, 0.6) is 0 Å². The molecule has 5 heteroatoms. The molecule has 0 saturated heterocycles. The SMILES string of the molecule is O=C(O)c1ccc(Sc2ccc(Cl)s2)cc1. The van der Waals surface area contributed by atoms with E-state index in [1.54, 1.807) is 36.0 Å². The Bertz CT molecular complexity index is 505. The van der Waals surface area contributed by atoms with Crippen LogP contribution >= 0.6 is 34.7 Å². The molecule has 0 aliphatic rings. The molecule has 0 fully saturated rings. The van der Waals surface area contributed by atoms with Crippen LogP contribution < -0.4 is 0 Å². The highest BCUT2D eigenvalue weighted by molar-refractivity contribution is 8.01. The van der Waals surface area contributed by atoms with Crippen molar-refractivity contribution < 1.29 is 9.90 Å². The van der Waals surface area contributed by atoms with E-state index in [4.69, 9.17) is 16.7 Å². The van der Waals surface area contributed by atoms with Gasteiger partial charge in [0.1, 0.15) is 0 Å². The van der Waals surface area contributed by atoms with Gasteiger partial charge in [-0.25, -0.2) is 4.79 Å². The monoisotopic (exact) mass is 270 g/mol. The van der Waals surface area contributed by atoms with E-state index in [0.29, 0.717) is 5.56 Å². The highest BCUT2D eigenvalue weighted by atomic mass is 35.5. The van der Waals surface area contributed by atoms with Crippen molar-refractivity contribution in [2.24, 2.45) is 0 Å². The molecule has 0 atom stereocenters. The maximum atomic E-state index is 10.7. The Hall–Kier alpha value is -0.970. The smallest absolute Gasteiger partial charge is 0.335 e. The highest BCUT2D eigenvalue weighted by Crippen LogP contribution is 2.35. The summed E-state index contributed by atoms with van der Waals surface area (Å²) in [6.07, 6.45) is 0. The Kier molecular flexibility index (Phi) is 3.53. The molecular formula is C11H7ClO2S2. The van der Waals surface area contributed by atoms with Crippen molar-refractivity contribution in [3.8, 4) is 0 Å². The molecule has 0 radical (unpaired) electrons. The van der Waals surface area contributed by atoms with E-state index in [9.17, 15) is 4.79 Å². The van der Waals surface area contributed by atoms with E-state index >= 15 is 0 Å². The lowest BCUT2D eigenvalue weighted by Gasteiger charge is -1.99. The van der Waals surface area contributed by atoms with E-state index in [1.165, 1.54) is 11.3 Å². The Labute approximate surface area is 106 Å². The Morgan fingerprint density at radius 2 is 1.88 bits per heavy atom. The topological polar surface area (TPSA) is 37.3 Å². The summed E-state index contributed by atoms with van der Waals surface area (Å²) in [4.78, 5) is 11.7. The normalized spacial score (nSPS) is 10.3. The Morgan fingerprint density at radius 1 is 1.19 bits per heavy atom. The molecule has 1 heterocycles. The van der Waals surface area contributed by atoms with Crippen LogP contribution in [-0.4, -0.2) is 11.1 Å². The first-order valence-electron chi connectivity index (χ1n) is 4.42. The van der Waals surface area contributed by atoms with Gasteiger partial charge in [0.2, 0.25) is 0 Å². The van der Waals surface area contributed by atoms with E-state index in [0.717, 1.165) is 13.4 Å². The first-order chi connectivity index (χ1) is 7.65. The second kappa shape index (κ2) is 4.91. The van der Waals surface area contributed by atoms with Crippen molar-refractivity contribution in [2.45, 2.75) is 9.10 Å². The number of carbonyl (C=O) groups is 1. The van der Waals surface area contributed by atoms with Gasteiger partial charge in [-0.3, -0.25) is 0 Å². The summed E-state index contributed by atoms with van der Waals surface area (Å²) in [6, 6.07) is 10.6. The molecule has 2 rings (SSSR count). The Balaban J connectivity index is 2.14. The molecule has 0 aliphatic carbocycles. The fraction of sp³-hybridized carbons (Fsp3) is 0. The van der Waals surface area contributed by atoms with Gasteiger partial charge in [-0.1, -0.05) is 23.4 Å². The summed E-state index contributed by atoms with van der Waals surface area (Å²) in [6.45, 7) is 0. The van der Waals surface area contributed by atoms with E-state index in [1.807, 2.05) is 12.1 Å². The summed E-state index contributed by atoms with van der Waals surface area (Å²) in [5.41, 5.74) is 0.300. The molecule has 0 unspecified atom stereocenters. The van der Waals surface area contributed by atoms with Crippen LogP contribution in [0, 0.1) is 0 Å². The van der Waals surface area contributed by atoms with Gasteiger partial charge in [-0.15, -0.1) is 11.3 Å². The zero-order chi connectivity index (χ0) is 11.5. The summed E-state index contributed by atoms with van der Waals surface area (Å²) in [7, 11) is 0. The van der Waals surface area contributed by atoms with Crippen LogP contribution in [0.25, 0.3) is 0 Å². The van der Waals surface area contributed by atoms with Gasteiger partial charge >= 0.3 is 5.97 Å². The highest BCUT2D eigenvalue weighted by Gasteiger charge is 2.04. The minimum atomic E-state index is -0.907. The maximum absolute atomic E-state index is 10.7. The molecule has 0 saturated carbocycles. The number of benzene rings is 1. The lowest BCUT2D eigenvalue weighted by Crippen LogP contribution is -1.94. The molecule has 2 aromatic rings. The fourth-order valence-corrected chi connectivity index (χ4v) is 3.41. The minimum Gasteiger partial charge on any atom is -0.478 e. The molecule has 1 N–H and O–H groups in total. The summed E-state index contributed by atoms with van der Waals surface area (Å²) >= 11 is 8.90. The summed E-state index contributed by atoms with van der Waals surface area (Å²) in [5.74, 6) is -0.907. The first kappa shape index (κ1) is 11.5. The molecule has 82 valence electrons. The quantitative estimate of drug-likeness (QED) is 0.906. The van der Waals surface area contributed by atoms with E-state index in [2.05, 4.69) is 0 Å². The van der Waals surface area contributed by atoms with Crippen molar-refractivity contribution in [1.29, 1.82) is 0 Å². The average molecular weight is 271 g/mol. The lowest BCUT2D eigenvalue weighted by atomic mass is 10.2. The van der Waals surface area contributed by atoms with Crippen LogP contribution in [0.4, 0.5) is 0 Å². The van der Waals surface area contributed by atoms with Crippen LogP contribution in [0.2, 0.25) is 4.34 Å². The third-order valence-corrected chi connectivity index (χ3v) is 4.24. The Morgan fingerprint density at radius 3 is 2.38 bits per heavy atom. The number of hydrogen-bond acceptors (Lipinski definition) is 3. The molecule has 1 aromatic carbocycles. The van der Waals surface area contributed by atoms with Crippen molar-refractivity contribution in [2.75, 3.05) is 0 Å². The first-order valence-corrected chi connectivity index (χ1v) is 6.43. The molecule has 0 spiro atoms. The van der Waals surface area contributed by atoms with Gasteiger partial charge in [0, 0.05) is 4.90 Å². The molecule has 1 aromatic heterocycles. The van der Waals surface area contributed by atoms with Crippen LogP contribution in [0.1, 0.15) is 10.4 Å². The molecule has 2 nitrogen and oxygen atoms in total. The summed E-state index contributed by atoms with van der Waals surface area (Å²) < 4.78 is 1.85. The van der Waals surface area contributed by atoms with Crippen LogP contribution in [0.3, 0.4) is 0 Å². The van der Waals surface area contributed by atoms with Gasteiger partial charge in [-0.05, 0) is 36.4 Å². The third-order valence-electron chi connectivity index (χ3n) is 1.87. The lowest BCUT2D eigenvalue weighted by molar-refractivity contribution is 0.0697. The zero-order valence-corrected chi connectivity index (χ0v) is 10.4. The maximum Gasteiger partial charge on any atom is 0.335 e.